The monoisotopic (exact) mass is 236 g/mol. The molecule has 1 aromatic rings. The van der Waals surface area contributed by atoms with E-state index in [1.54, 1.807) is 6.07 Å². The summed E-state index contributed by atoms with van der Waals surface area (Å²) in [6, 6.07) is 2.92. The van der Waals surface area contributed by atoms with Crippen molar-refractivity contribution in [2.45, 2.75) is 13.3 Å². The predicted octanol–water partition coefficient (Wildman–Crippen LogP) is 3.80. The van der Waals surface area contributed by atoms with Crippen LogP contribution in [0.5, 0.6) is 0 Å². The van der Waals surface area contributed by atoms with Crippen molar-refractivity contribution in [3.05, 3.63) is 33.0 Å². The third-order valence-electron chi connectivity index (χ3n) is 1.49. The molecule has 0 saturated carbocycles. The summed E-state index contributed by atoms with van der Waals surface area (Å²) in [5.74, 6) is -0.205. The molecule has 0 spiro atoms. The van der Waals surface area contributed by atoms with E-state index in [2.05, 4.69) is 15.9 Å². The van der Waals surface area contributed by atoms with Gasteiger partial charge in [-0.1, -0.05) is 18.5 Å². The second kappa shape index (κ2) is 3.55. The molecule has 0 aromatic heterocycles. The maximum Gasteiger partial charge on any atom is 0.127 e. The van der Waals surface area contributed by atoms with Gasteiger partial charge < -0.3 is 0 Å². The van der Waals surface area contributed by atoms with Gasteiger partial charge in [0.25, 0.3) is 0 Å². The molecule has 0 fully saturated rings. The van der Waals surface area contributed by atoms with Crippen LogP contribution in [0.4, 0.5) is 4.39 Å². The third-order valence-corrected chi connectivity index (χ3v) is 2.94. The average Bonchev–Trinajstić information content (AvgIpc) is 1.99. The lowest BCUT2D eigenvalue weighted by Gasteiger charge is -2.03. The summed E-state index contributed by atoms with van der Waals surface area (Å²) in [6.45, 7) is 1.89. The molecular formula is C8H7BrClF. The fourth-order valence-corrected chi connectivity index (χ4v) is 1.67. The number of hydrogen-bond acceptors (Lipinski definition) is 0. The van der Waals surface area contributed by atoms with Gasteiger partial charge in [-0.3, -0.25) is 0 Å². The molecule has 0 aliphatic heterocycles. The molecule has 0 aliphatic rings. The van der Waals surface area contributed by atoms with E-state index in [1.165, 1.54) is 6.07 Å². The van der Waals surface area contributed by atoms with E-state index >= 15 is 0 Å². The molecule has 0 heterocycles. The van der Waals surface area contributed by atoms with Crippen molar-refractivity contribution in [3.63, 3.8) is 0 Å². The lowest BCUT2D eigenvalue weighted by atomic mass is 10.2. The average molecular weight is 237 g/mol. The minimum absolute atomic E-state index is 0.205. The van der Waals surface area contributed by atoms with E-state index in [-0.39, 0.29) is 5.82 Å². The van der Waals surface area contributed by atoms with Crippen molar-refractivity contribution in [1.82, 2.24) is 0 Å². The van der Waals surface area contributed by atoms with Crippen molar-refractivity contribution in [1.29, 1.82) is 0 Å². The molecule has 0 radical (unpaired) electrons. The minimum Gasteiger partial charge on any atom is -0.207 e. The van der Waals surface area contributed by atoms with Gasteiger partial charge in [-0.15, -0.1) is 0 Å². The molecular weight excluding hydrogens is 230 g/mol. The van der Waals surface area contributed by atoms with Gasteiger partial charge >= 0.3 is 0 Å². The first-order valence-corrected chi connectivity index (χ1v) is 4.46. The van der Waals surface area contributed by atoms with Gasteiger partial charge in [0.05, 0.1) is 5.02 Å². The summed E-state index contributed by atoms with van der Waals surface area (Å²) < 4.78 is 13.6. The fraction of sp³-hybridized carbons (Fsp3) is 0.250. The highest BCUT2D eigenvalue weighted by molar-refractivity contribution is 9.10. The molecule has 0 bridgehead atoms. The van der Waals surface area contributed by atoms with E-state index in [4.69, 9.17) is 11.6 Å². The van der Waals surface area contributed by atoms with E-state index in [1.807, 2.05) is 6.92 Å². The lowest BCUT2D eigenvalue weighted by molar-refractivity contribution is 0.611. The van der Waals surface area contributed by atoms with Gasteiger partial charge in [-0.2, -0.15) is 0 Å². The van der Waals surface area contributed by atoms with Crippen LogP contribution in [0.2, 0.25) is 5.02 Å². The van der Waals surface area contributed by atoms with Gasteiger partial charge in [-0.25, -0.2) is 4.39 Å². The highest BCUT2D eigenvalue weighted by atomic mass is 79.9. The van der Waals surface area contributed by atoms with E-state index in [9.17, 15) is 4.39 Å². The van der Waals surface area contributed by atoms with Gasteiger partial charge in [0.15, 0.2) is 0 Å². The maximum atomic E-state index is 12.9. The molecule has 3 heteroatoms. The Bertz CT molecular complexity index is 273. The summed E-state index contributed by atoms with van der Waals surface area (Å²) in [5.41, 5.74) is 0.637. The normalized spacial score (nSPS) is 10.2. The Morgan fingerprint density at radius 3 is 2.64 bits per heavy atom. The van der Waals surface area contributed by atoms with Crippen LogP contribution in [0.15, 0.2) is 16.6 Å². The van der Waals surface area contributed by atoms with Gasteiger partial charge in [0.2, 0.25) is 0 Å². The molecule has 60 valence electrons. The zero-order valence-electron chi connectivity index (χ0n) is 6.00. The summed E-state index contributed by atoms with van der Waals surface area (Å²) in [7, 11) is 0. The first-order chi connectivity index (χ1) is 5.16. The Kier molecular flexibility index (Phi) is 2.90. The van der Waals surface area contributed by atoms with Crippen molar-refractivity contribution < 1.29 is 4.39 Å². The molecule has 1 aromatic carbocycles. The molecule has 11 heavy (non-hydrogen) atoms. The Morgan fingerprint density at radius 2 is 2.18 bits per heavy atom. The molecule has 0 unspecified atom stereocenters. The van der Waals surface area contributed by atoms with Crippen LogP contribution >= 0.6 is 27.5 Å². The standard InChI is InChI=1S/C8H7BrClF/c1-2-5-7(11)4-3-6(10)8(5)9/h3-4H,2H2,1H3. The molecule has 0 nitrogen and oxygen atoms in total. The smallest absolute Gasteiger partial charge is 0.127 e. The lowest BCUT2D eigenvalue weighted by Crippen LogP contribution is -1.89. The number of halogens is 3. The summed E-state index contributed by atoms with van der Waals surface area (Å²) in [5, 5.41) is 0.559. The highest BCUT2D eigenvalue weighted by Crippen LogP contribution is 2.28. The Hall–Kier alpha value is -0.0800. The largest absolute Gasteiger partial charge is 0.207 e. The van der Waals surface area contributed by atoms with Crippen molar-refractivity contribution in [3.8, 4) is 0 Å². The Labute approximate surface area is 78.5 Å². The summed E-state index contributed by atoms with van der Waals surface area (Å²) >= 11 is 8.97. The van der Waals surface area contributed by atoms with Crippen LogP contribution in [-0.2, 0) is 6.42 Å². The number of benzene rings is 1. The molecule has 0 amide bonds. The van der Waals surface area contributed by atoms with E-state index in [0.717, 1.165) is 0 Å². The van der Waals surface area contributed by atoms with E-state index < -0.39 is 0 Å². The van der Waals surface area contributed by atoms with Gasteiger partial charge in [0.1, 0.15) is 5.82 Å². The van der Waals surface area contributed by atoms with Crippen LogP contribution in [0.25, 0.3) is 0 Å². The summed E-state index contributed by atoms with van der Waals surface area (Å²) in [4.78, 5) is 0. The van der Waals surface area contributed by atoms with E-state index in [0.29, 0.717) is 21.5 Å². The number of rotatable bonds is 1. The molecule has 0 atom stereocenters. The maximum absolute atomic E-state index is 12.9. The van der Waals surface area contributed by atoms with Crippen LogP contribution in [0, 0.1) is 5.82 Å². The minimum atomic E-state index is -0.205. The predicted molar refractivity (Wildman–Crippen MR) is 48.5 cm³/mol. The quantitative estimate of drug-likeness (QED) is 0.652. The molecule has 1 rings (SSSR count). The molecule has 0 aliphatic carbocycles. The van der Waals surface area contributed by atoms with Crippen LogP contribution in [-0.4, -0.2) is 0 Å². The van der Waals surface area contributed by atoms with Crippen LogP contribution in [0.1, 0.15) is 12.5 Å². The SMILES string of the molecule is CCc1c(F)ccc(Cl)c1Br. The van der Waals surface area contributed by atoms with Crippen molar-refractivity contribution in [2.75, 3.05) is 0 Å². The molecule has 0 N–H and O–H groups in total. The Morgan fingerprint density at radius 1 is 1.55 bits per heavy atom. The van der Waals surface area contributed by atoms with Gasteiger partial charge in [-0.05, 0) is 34.5 Å². The first kappa shape index (κ1) is 9.01. The summed E-state index contributed by atoms with van der Waals surface area (Å²) in [6.07, 6.45) is 0.646. The van der Waals surface area contributed by atoms with Crippen molar-refractivity contribution in [2.24, 2.45) is 0 Å². The second-order valence-electron chi connectivity index (χ2n) is 2.18. The zero-order chi connectivity index (χ0) is 8.43. The topological polar surface area (TPSA) is 0 Å². The second-order valence-corrected chi connectivity index (χ2v) is 3.38. The first-order valence-electron chi connectivity index (χ1n) is 3.29. The van der Waals surface area contributed by atoms with Gasteiger partial charge in [0, 0.05) is 10.0 Å². The molecule has 0 saturated heterocycles. The number of hydrogen-bond donors (Lipinski definition) is 0. The zero-order valence-corrected chi connectivity index (χ0v) is 8.34. The van der Waals surface area contributed by atoms with Crippen LogP contribution in [0.3, 0.4) is 0 Å². The third kappa shape index (κ3) is 1.74. The van der Waals surface area contributed by atoms with Crippen LogP contribution < -0.4 is 0 Å². The van der Waals surface area contributed by atoms with Crippen molar-refractivity contribution >= 4 is 27.5 Å². The Balaban J connectivity index is 3.29. The highest BCUT2D eigenvalue weighted by Gasteiger charge is 2.07. The fourth-order valence-electron chi connectivity index (χ4n) is 0.893.